The van der Waals surface area contributed by atoms with Gasteiger partial charge in [-0.25, -0.2) is 0 Å². The van der Waals surface area contributed by atoms with Gasteiger partial charge < -0.3 is 10.6 Å². The number of piperidine rings is 1. The maximum atomic E-state index is 11.0. The number of anilines is 1. The van der Waals surface area contributed by atoms with Crippen LogP contribution in [-0.4, -0.2) is 19.0 Å². The largest absolute Gasteiger partial charge is 0.370 e. The SMILES string of the molecule is NC(=O)c1ccc(N2CCCCC2)c(Cl)c1. The average molecular weight is 239 g/mol. The monoisotopic (exact) mass is 238 g/mol. The number of hydrogen-bond donors (Lipinski definition) is 1. The summed E-state index contributed by atoms with van der Waals surface area (Å²) in [6.45, 7) is 2.07. The fraction of sp³-hybridized carbons (Fsp3) is 0.417. The highest BCUT2D eigenvalue weighted by Gasteiger charge is 2.14. The summed E-state index contributed by atoms with van der Waals surface area (Å²) in [5.41, 5.74) is 6.67. The van der Waals surface area contributed by atoms with Crippen LogP contribution in [0.3, 0.4) is 0 Å². The third-order valence-corrected chi connectivity index (χ3v) is 3.23. The van der Waals surface area contributed by atoms with Crippen molar-refractivity contribution in [2.45, 2.75) is 19.3 Å². The Morgan fingerprint density at radius 1 is 1.25 bits per heavy atom. The van der Waals surface area contributed by atoms with Crippen molar-refractivity contribution in [3.8, 4) is 0 Å². The molecule has 1 heterocycles. The summed E-state index contributed by atoms with van der Waals surface area (Å²) < 4.78 is 0. The van der Waals surface area contributed by atoms with Crippen LogP contribution < -0.4 is 10.6 Å². The number of carbonyl (C=O) groups is 1. The molecule has 16 heavy (non-hydrogen) atoms. The number of halogens is 1. The van der Waals surface area contributed by atoms with Crippen molar-refractivity contribution in [3.63, 3.8) is 0 Å². The highest BCUT2D eigenvalue weighted by molar-refractivity contribution is 6.33. The van der Waals surface area contributed by atoms with Gasteiger partial charge in [-0.1, -0.05) is 11.6 Å². The Balaban J connectivity index is 2.24. The van der Waals surface area contributed by atoms with Crippen LogP contribution in [0.5, 0.6) is 0 Å². The van der Waals surface area contributed by atoms with Crippen LogP contribution in [0, 0.1) is 0 Å². The normalized spacial score (nSPS) is 16.2. The number of rotatable bonds is 2. The van der Waals surface area contributed by atoms with Gasteiger partial charge in [-0.05, 0) is 37.5 Å². The quantitative estimate of drug-likeness (QED) is 0.860. The third kappa shape index (κ3) is 2.30. The van der Waals surface area contributed by atoms with Gasteiger partial charge in [0.25, 0.3) is 0 Å². The lowest BCUT2D eigenvalue weighted by atomic mass is 10.1. The Bertz CT molecular complexity index is 400. The van der Waals surface area contributed by atoms with Crippen molar-refractivity contribution in [2.75, 3.05) is 18.0 Å². The average Bonchev–Trinajstić information content (AvgIpc) is 2.30. The van der Waals surface area contributed by atoms with E-state index in [1.165, 1.54) is 19.3 Å². The van der Waals surface area contributed by atoms with Gasteiger partial charge in [0.15, 0.2) is 0 Å². The van der Waals surface area contributed by atoms with Gasteiger partial charge in [0.1, 0.15) is 0 Å². The van der Waals surface area contributed by atoms with E-state index >= 15 is 0 Å². The fourth-order valence-electron chi connectivity index (χ4n) is 2.05. The summed E-state index contributed by atoms with van der Waals surface area (Å²) >= 11 is 6.16. The van der Waals surface area contributed by atoms with Gasteiger partial charge in [0.2, 0.25) is 5.91 Å². The van der Waals surface area contributed by atoms with Crippen molar-refractivity contribution in [3.05, 3.63) is 28.8 Å². The summed E-state index contributed by atoms with van der Waals surface area (Å²) in [4.78, 5) is 13.3. The van der Waals surface area contributed by atoms with Crippen LogP contribution >= 0.6 is 11.6 Å². The minimum atomic E-state index is -0.438. The van der Waals surface area contributed by atoms with E-state index in [2.05, 4.69) is 4.90 Å². The van der Waals surface area contributed by atoms with Gasteiger partial charge in [-0.15, -0.1) is 0 Å². The van der Waals surface area contributed by atoms with Gasteiger partial charge in [0, 0.05) is 18.7 Å². The van der Waals surface area contributed by atoms with Crippen molar-refractivity contribution >= 4 is 23.2 Å². The van der Waals surface area contributed by atoms with Crippen LogP contribution in [0.25, 0.3) is 0 Å². The van der Waals surface area contributed by atoms with E-state index < -0.39 is 5.91 Å². The first-order valence-electron chi connectivity index (χ1n) is 5.53. The van der Waals surface area contributed by atoms with E-state index in [0.29, 0.717) is 10.6 Å². The Morgan fingerprint density at radius 2 is 1.94 bits per heavy atom. The maximum absolute atomic E-state index is 11.0. The van der Waals surface area contributed by atoms with Crippen molar-refractivity contribution < 1.29 is 4.79 Å². The standard InChI is InChI=1S/C12H15ClN2O/c13-10-8-9(12(14)16)4-5-11(10)15-6-2-1-3-7-15/h4-5,8H,1-3,6-7H2,(H2,14,16). The summed E-state index contributed by atoms with van der Waals surface area (Å²) in [6.07, 6.45) is 3.69. The number of nitrogens with zero attached hydrogens (tertiary/aromatic N) is 1. The third-order valence-electron chi connectivity index (χ3n) is 2.93. The highest BCUT2D eigenvalue weighted by Crippen LogP contribution is 2.29. The lowest BCUT2D eigenvalue weighted by Crippen LogP contribution is -2.29. The molecule has 1 saturated heterocycles. The molecule has 4 heteroatoms. The number of primary amides is 1. The first kappa shape index (κ1) is 11.3. The van der Waals surface area contributed by atoms with Crippen molar-refractivity contribution in [1.82, 2.24) is 0 Å². The maximum Gasteiger partial charge on any atom is 0.248 e. The Hall–Kier alpha value is -1.22. The zero-order valence-corrected chi connectivity index (χ0v) is 9.83. The van der Waals surface area contributed by atoms with Crippen LogP contribution in [-0.2, 0) is 0 Å². The Morgan fingerprint density at radius 3 is 2.50 bits per heavy atom. The molecule has 1 aromatic carbocycles. The minimum absolute atomic E-state index is 0.438. The van der Waals surface area contributed by atoms with Gasteiger partial charge in [-0.3, -0.25) is 4.79 Å². The number of carbonyl (C=O) groups excluding carboxylic acids is 1. The molecule has 0 aliphatic carbocycles. The Kier molecular flexibility index (Phi) is 3.34. The van der Waals surface area contributed by atoms with Crippen LogP contribution in [0.4, 0.5) is 5.69 Å². The zero-order valence-electron chi connectivity index (χ0n) is 9.08. The molecule has 3 nitrogen and oxygen atoms in total. The molecule has 2 N–H and O–H groups in total. The number of hydrogen-bond acceptors (Lipinski definition) is 2. The fourth-order valence-corrected chi connectivity index (χ4v) is 2.35. The summed E-state index contributed by atoms with van der Waals surface area (Å²) in [6, 6.07) is 5.26. The molecule has 1 aromatic rings. The molecule has 0 bridgehead atoms. The molecule has 0 aromatic heterocycles. The van der Waals surface area contributed by atoms with E-state index in [4.69, 9.17) is 17.3 Å². The van der Waals surface area contributed by atoms with Crippen LogP contribution in [0.1, 0.15) is 29.6 Å². The smallest absolute Gasteiger partial charge is 0.248 e. The molecule has 0 spiro atoms. The van der Waals surface area contributed by atoms with Gasteiger partial charge in [-0.2, -0.15) is 0 Å². The van der Waals surface area contributed by atoms with E-state index in [1.807, 2.05) is 6.07 Å². The predicted molar refractivity (Wildman–Crippen MR) is 66.0 cm³/mol. The number of amides is 1. The molecule has 2 rings (SSSR count). The first-order valence-corrected chi connectivity index (χ1v) is 5.90. The topological polar surface area (TPSA) is 46.3 Å². The van der Waals surface area contributed by atoms with E-state index in [0.717, 1.165) is 18.8 Å². The van der Waals surface area contributed by atoms with Crippen LogP contribution in [0.2, 0.25) is 5.02 Å². The first-order chi connectivity index (χ1) is 7.68. The lowest BCUT2D eigenvalue weighted by molar-refractivity contribution is 0.100. The second-order valence-electron chi connectivity index (χ2n) is 4.08. The minimum Gasteiger partial charge on any atom is -0.370 e. The number of nitrogens with two attached hydrogens (primary N) is 1. The number of benzene rings is 1. The molecular weight excluding hydrogens is 224 g/mol. The Labute approximate surface area is 100 Å². The predicted octanol–water partition coefficient (Wildman–Crippen LogP) is 2.43. The molecule has 1 aliphatic rings. The molecule has 0 radical (unpaired) electrons. The van der Waals surface area contributed by atoms with Crippen molar-refractivity contribution in [2.24, 2.45) is 5.73 Å². The summed E-state index contributed by atoms with van der Waals surface area (Å²) in [5, 5.41) is 0.609. The van der Waals surface area contributed by atoms with Crippen LogP contribution in [0.15, 0.2) is 18.2 Å². The second kappa shape index (κ2) is 4.74. The zero-order chi connectivity index (χ0) is 11.5. The molecular formula is C12H15ClN2O. The molecule has 0 unspecified atom stereocenters. The molecule has 1 amide bonds. The molecule has 1 aliphatic heterocycles. The second-order valence-corrected chi connectivity index (χ2v) is 4.49. The molecule has 1 fully saturated rings. The summed E-state index contributed by atoms with van der Waals surface area (Å²) in [7, 11) is 0. The van der Waals surface area contributed by atoms with Gasteiger partial charge in [0.05, 0.1) is 10.7 Å². The molecule has 0 saturated carbocycles. The highest BCUT2D eigenvalue weighted by atomic mass is 35.5. The van der Waals surface area contributed by atoms with E-state index in [1.54, 1.807) is 12.1 Å². The molecule has 86 valence electrons. The lowest BCUT2D eigenvalue weighted by Gasteiger charge is -2.29. The van der Waals surface area contributed by atoms with Crippen molar-refractivity contribution in [1.29, 1.82) is 0 Å². The van der Waals surface area contributed by atoms with Gasteiger partial charge >= 0.3 is 0 Å². The van der Waals surface area contributed by atoms with E-state index in [9.17, 15) is 4.79 Å². The molecule has 0 atom stereocenters. The van der Waals surface area contributed by atoms with E-state index in [-0.39, 0.29) is 0 Å². The summed E-state index contributed by atoms with van der Waals surface area (Å²) in [5.74, 6) is -0.438.